The van der Waals surface area contributed by atoms with Gasteiger partial charge in [0.05, 0.1) is 15.6 Å². The first-order chi connectivity index (χ1) is 13.1. The lowest BCUT2D eigenvalue weighted by Gasteiger charge is -2.18. The van der Waals surface area contributed by atoms with Gasteiger partial charge in [-0.05, 0) is 12.1 Å². The van der Waals surface area contributed by atoms with Crippen molar-refractivity contribution in [2.45, 2.75) is 4.71 Å². The van der Waals surface area contributed by atoms with Gasteiger partial charge >= 0.3 is 0 Å². The Hall–Kier alpha value is -2.24. The normalized spacial score (nSPS) is 18.8. The summed E-state index contributed by atoms with van der Waals surface area (Å²) in [5, 5.41) is 10.9. The molecule has 148 valence electrons. The quantitative estimate of drug-likeness (QED) is 0.318. The van der Waals surface area contributed by atoms with Crippen LogP contribution in [-0.2, 0) is 14.6 Å². The van der Waals surface area contributed by atoms with E-state index < -0.39 is 19.5 Å². The smallest absolute Gasteiger partial charge is 0.270 e. The number of hydrogen-bond acceptors (Lipinski definition) is 8. The number of nitrogens with zero attached hydrogens (tertiary/aromatic N) is 2. The Kier molecular flexibility index (Phi) is 5.87. The molecule has 0 N–H and O–H groups in total. The van der Waals surface area contributed by atoms with E-state index in [2.05, 4.69) is 12.6 Å². The summed E-state index contributed by atoms with van der Waals surface area (Å²) in [7, 11) is -3.19. The van der Waals surface area contributed by atoms with Crippen molar-refractivity contribution < 1.29 is 22.6 Å². The molecule has 0 spiro atoms. The maximum Gasteiger partial charge on any atom is 0.270 e. The predicted octanol–water partition coefficient (Wildman–Crippen LogP) is 3.03. The fourth-order valence-electron chi connectivity index (χ4n) is 2.53. The van der Waals surface area contributed by atoms with E-state index in [1.165, 1.54) is 28.8 Å². The third-order valence-corrected chi connectivity index (χ3v) is 6.45. The summed E-state index contributed by atoms with van der Waals surface area (Å²) in [6.45, 7) is 0.0628. The van der Waals surface area contributed by atoms with Crippen molar-refractivity contribution in [3.63, 3.8) is 0 Å². The van der Waals surface area contributed by atoms with Crippen LogP contribution in [0.25, 0.3) is 17.4 Å². The Morgan fingerprint density at radius 1 is 1.36 bits per heavy atom. The molecule has 1 amide bonds. The second-order valence-electron chi connectivity index (χ2n) is 6.09. The summed E-state index contributed by atoms with van der Waals surface area (Å²) in [5.41, 5.74) is 0.501. The lowest BCUT2D eigenvalue weighted by molar-refractivity contribution is -0.384. The number of nitro benzene ring substituents is 1. The Labute approximate surface area is 171 Å². The Morgan fingerprint density at radius 2 is 2.11 bits per heavy atom. The van der Waals surface area contributed by atoms with Crippen LogP contribution >= 0.6 is 24.4 Å². The van der Waals surface area contributed by atoms with Crippen molar-refractivity contribution in [1.29, 1.82) is 0 Å². The molecule has 1 aliphatic rings. The third kappa shape index (κ3) is 4.78. The number of thioether (sulfide) groups is 1. The number of thiol groups is 1. The molecular weight excluding hydrogens is 424 g/mol. The van der Waals surface area contributed by atoms with Gasteiger partial charge in [-0.1, -0.05) is 23.9 Å². The molecule has 3 rings (SSSR count). The van der Waals surface area contributed by atoms with E-state index >= 15 is 0 Å². The highest BCUT2D eigenvalue weighted by Gasteiger charge is 2.34. The molecule has 0 bridgehead atoms. The first-order valence-corrected chi connectivity index (χ1v) is 11.5. The molecule has 1 unspecified atom stereocenters. The number of benzene rings is 1. The average molecular weight is 441 g/mol. The number of furan rings is 1. The van der Waals surface area contributed by atoms with Crippen LogP contribution in [0.15, 0.2) is 45.7 Å². The Morgan fingerprint density at radius 3 is 2.79 bits per heavy atom. The topological polar surface area (TPSA) is 111 Å². The number of non-ortho nitro benzene ring substituents is 1. The van der Waals surface area contributed by atoms with Gasteiger partial charge in [0.15, 0.2) is 0 Å². The highest BCUT2D eigenvalue weighted by molar-refractivity contribution is 8.14. The maximum atomic E-state index is 12.5. The fraction of sp³-hybridized carbons (Fsp3) is 0.235. The zero-order valence-corrected chi connectivity index (χ0v) is 17.2. The van der Waals surface area contributed by atoms with Crippen LogP contribution in [0.2, 0.25) is 0 Å². The zero-order chi connectivity index (χ0) is 20.5. The van der Waals surface area contributed by atoms with Crippen LogP contribution in [0.1, 0.15) is 5.76 Å². The highest BCUT2D eigenvalue weighted by Crippen LogP contribution is 2.38. The Bertz CT molecular complexity index is 1060. The first-order valence-electron chi connectivity index (χ1n) is 8.04. The molecule has 1 aromatic heterocycles. The molecule has 28 heavy (non-hydrogen) atoms. The van der Waals surface area contributed by atoms with Crippen LogP contribution in [0, 0.1) is 10.1 Å². The zero-order valence-electron chi connectivity index (χ0n) is 14.6. The van der Waals surface area contributed by atoms with Crippen molar-refractivity contribution in [2.75, 3.05) is 18.6 Å². The number of sulfone groups is 1. The second-order valence-corrected chi connectivity index (χ2v) is 10.3. The molecular formula is C17H16N2O6S3. The van der Waals surface area contributed by atoms with E-state index in [9.17, 15) is 23.3 Å². The number of rotatable bonds is 6. The standard InChI is InChI=1S/C17H16N2O6S3/c1-28(23,24)8-7-18-16(20)15(27-17(18)26)10-13-5-6-14(25-13)11-3-2-4-12(9-11)19(21)22/h2-6,9-10,17,26H,7-8H2,1H3/b15-10-. The van der Waals surface area contributed by atoms with Crippen molar-refractivity contribution in [1.82, 2.24) is 4.90 Å². The molecule has 11 heteroatoms. The summed E-state index contributed by atoms with van der Waals surface area (Å²) < 4.78 is 27.9. The van der Waals surface area contributed by atoms with Gasteiger partial charge < -0.3 is 9.32 Å². The number of hydrogen-bond donors (Lipinski definition) is 1. The number of carbonyl (C=O) groups excluding carboxylic acids is 1. The van der Waals surface area contributed by atoms with Crippen LogP contribution in [0.5, 0.6) is 0 Å². The molecule has 1 aliphatic heterocycles. The van der Waals surface area contributed by atoms with Crippen molar-refractivity contribution in [3.8, 4) is 11.3 Å². The second kappa shape index (κ2) is 8.02. The minimum Gasteiger partial charge on any atom is -0.457 e. The van der Waals surface area contributed by atoms with E-state index in [-0.39, 0.29) is 23.9 Å². The first kappa shape index (κ1) is 20.5. The molecule has 0 saturated carbocycles. The lowest BCUT2D eigenvalue weighted by atomic mass is 10.1. The molecule has 2 heterocycles. The summed E-state index contributed by atoms with van der Waals surface area (Å²) in [6.07, 6.45) is 2.67. The van der Waals surface area contributed by atoms with Gasteiger partial charge in [0, 0.05) is 36.6 Å². The van der Waals surface area contributed by atoms with E-state index in [1.807, 2.05) is 0 Å². The average Bonchev–Trinajstić information content (AvgIpc) is 3.18. The largest absolute Gasteiger partial charge is 0.457 e. The van der Waals surface area contributed by atoms with Crippen LogP contribution < -0.4 is 0 Å². The Balaban J connectivity index is 1.79. The molecule has 2 aromatic rings. The van der Waals surface area contributed by atoms with Gasteiger partial charge in [0.2, 0.25) is 0 Å². The van der Waals surface area contributed by atoms with Crippen LogP contribution in [0.3, 0.4) is 0 Å². The van der Waals surface area contributed by atoms with E-state index in [4.69, 9.17) is 4.42 Å². The van der Waals surface area contributed by atoms with Gasteiger partial charge in [0.1, 0.15) is 26.1 Å². The fourth-order valence-corrected chi connectivity index (χ4v) is 4.58. The summed E-state index contributed by atoms with van der Waals surface area (Å²) >= 11 is 5.53. The van der Waals surface area contributed by atoms with Gasteiger partial charge in [-0.3, -0.25) is 14.9 Å². The molecule has 1 saturated heterocycles. The minimum absolute atomic E-state index is 0.0465. The van der Waals surface area contributed by atoms with E-state index in [1.54, 1.807) is 30.3 Å². The highest BCUT2D eigenvalue weighted by atomic mass is 32.2. The van der Waals surface area contributed by atoms with Crippen molar-refractivity contribution in [2.24, 2.45) is 0 Å². The van der Waals surface area contributed by atoms with Crippen molar-refractivity contribution >= 4 is 51.9 Å². The van der Waals surface area contributed by atoms with Gasteiger partial charge in [-0.15, -0.1) is 12.6 Å². The monoisotopic (exact) mass is 440 g/mol. The molecule has 1 atom stereocenters. The molecule has 0 radical (unpaired) electrons. The molecule has 1 aromatic carbocycles. The molecule has 8 nitrogen and oxygen atoms in total. The SMILES string of the molecule is CS(=O)(=O)CCN1C(=O)/C(=C/c2ccc(-c3cccc([N+](=O)[O-])c3)o2)SC1S. The van der Waals surface area contributed by atoms with E-state index in [0.29, 0.717) is 22.0 Å². The summed E-state index contributed by atoms with van der Waals surface area (Å²) in [4.78, 5) is 24.7. The van der Waals surface area contributed by atoms with Crippen LogP contribution in [0.4, 0.5) is 5.69 Å². The van der Waals surface area contributed by atoms with Gasteiger partial charge in [0.25, 0.3) is 11.6 Å². The predicted molar refractivity (Wildman–Crippen MR) is 111 cm³/mol. The number of nitro groups is 1. The lowest BCUT2D eigenvalue weighted by Crippen LogP contribution is -2.33. The molecule has 0 aliphatic carbocycles. The third-order valence-electron chi connectivity index (χ3n) is 3.92. The van der Waals surface area contributed by atoms with Gasteiger partial charge in [-0.25, -0.2) is 8.42 Å². The number of amides is 1. The number of carbonyl (C=O) groups is 1. The summed E-state index contributed by atoms with van der Waals surface area (Å²) in [5.74, 6) is 0.383. The van der Waals surface area contributed by atoms with Crippen LogP contribution in [-0.4, -0.2) is 47.4 Å². The van der Waals surface area contributed by atoms with E-state index in [0.717, 1.165) is 6.26 Å². The maximum absolute atomic E-state index is 12.5. The minimum atomic E-state index is -3.19. The molecule has 1 fully saturated rings. The van der Waals surface area contributed by atoms with Crippen molar-refractivity contribution in [3.05, 3.63) is 57.2 Å². The van der Waals surface area contributed by atoms with Gasteiger partial charge in [-0.2, -0.15) is 0 Å². The summed E-state index contributed by atoms with van der Waals surface area (Å²) in [6, 6.07) is 9.37.